The molecule has 0 saturated heterocycles. The number of ketones is 2. The summed E-state index contributed by atoms with van der Waals surface area (Å²) in [6, 6.07) is 0.187. The van der Waals surface area contributed by atoms with Gasteiger partial charge in [-0.05, 0) is 27.7 Å². The van der Waals surface area contributed by atoms with E-state index < -0.39 is 0 Å². The maximum absolute atomic E-state index is 11.8. The Morgan fingerprint density at radius 2 is 0.914 bits per heavy atom. The molecular formula is C24H44N2O7S2. The molecule has 0 aliphatic carbocycles. The smallest absolute Gasteiger partial charge is 0.220 e. The number of carbonyl (C=O) groups excluding carboxylic acids is 4. The topological polar surface area (TPSA) is 120 Å². The van der Waals surface area contributed by atoms with E-state index in [1.807, 2.05) is 27.7 Å². The summed E-state index contributed by atoms with van der Waals surface area (Å²) in [6.45, 7) is 10.6. The Labute approximate surface area is 218 Å². The Hall–Kier alpha value is -1.14. The van der Waals surface area contributed by atoms with E-state index in [9.17, 15) is 19.2 Å². The quantitative estimate of drug-likeness (QED) is 0.179. The predicted octanol–water partition coefficient (Wildman–Crippen LogP) is 2.25. The first kappa shape index (κ1) is 33.9. The first-order chi connectivity index (χ1) is 16.7. The minimum absolute atomic E-state index is 0.0772. The molecule has 0 aliphatic rings. The Morgan fingerprint density at radius 1 is 0.571 bits per heavy atom. The minimum Gasteiger partial charge on any atom is -0.378 e. The summed E-state index contributed by atoms with van der Waals surface area (Å²) in [5.41, 5.74) is 0. The van der Waals surface area contributed by atoms with E-state index in [2.05, 4.69) is 10.6 Å². The van der Waals surface area contributed by atoms with Gasteiger partial charge in [-0.15, -0.1) is 0 Å². The summed E-state index contributed by atoms with van der Waals surface area (Å²) in [6.07, 6.45) is 1.04. The summed E-state index contributed by atoms with van der Waals surface area (Å²) in [5, 5.41) is 5.54. The molecule has 0 radical (unpaired) electrons. The average molecular weight is 537 g/mol. The Balaban J connectivity index is 3.33. The third kappa shape index (κ3) is 25.8. The van der Waals surface area contributed by atoms with Gasteiger partial charge in [-0.2, -0.15) is 23.5 Å². The molecule has 204 valence electrons. The lowest BCUT2D eigenvalue weighted by molar-refractivity contribution is -0.124. The van der Waals surface area contributed by atoms with E-state index >= 15 is 0 Å². The fourth-order valence-corrected chi connectivity index (χ4v) is 4.09. The molecule has 2 amide bonds. The number of Topliss-reactive ketones (excluding diaryl/α,β-unsaturated/α-hetero) is 2. The van der Waals surface area contributed by atoms with Crippen LogP contribution in [0.3, 0.4) is 0 Å². The van der Waals surface area contributed by atoms with Gasteiger partial charge in [-0.3, -0.25) is 19.2 Å². The molecule has 0 aliphatic heterocycles. The van der Waals surface area contributed by atoms with Crippen molar-refractivity contribution < 1.29 is 33.4 Å². The number of carbonyl (C=O) groups is 4. The van der Waals surface area contributed by atoms with Gasteiger partial charge in [0, 0.05) is 49.3 Å². The Kier molecular flexibility index (Phi) is 22.5. The van der Waals surface area contributed by atoms with Crippen molar-refractivity contribution in [2.75, 3.05) is 62.7 Å². The highest BCUT2D eigenvalue weighted by Gasteiger charge is 2.09. The predicted molar refractivity (Wildman–Crippen MR) is 142 cm³/mol. The number of rotatable bonds is 24. The maximum atomic E-state index is 11.8. The van der Waals surface area contributed by atoms with Crippen LogP contribution in [0.2, 0.25) is 0 Å². The van der Waals surface area contributed by atoms with Crippen molar-refractivity contribution in [3.63, 3.8) is 0 Å². The molecule has 0 aromatic rings. The van der Waals surface area contributed by atoms with Gasteiger partial charge in [0.05, 0.1) is 51.1 Å². The first-order valence-electron chi connectivity index (χ1n) is 12.2. The van der Waals surface area contributed by atoms with Gasteiger partial charge in [0.25, 0.3) is 0 Å². The third-order valence-electron chi connectivity index (χ3n) is 4.18. The summed E-state index contributed by atoms with van der Waals surface area (Å²) < 4.78 is 16.4. The van der Waals surface area contributed by atoms with E-state index in [0.29, 0.717) is 51.1 Å². The van der Waals surface area contributed by atoms with Crippen LogP contribution in [0.1, 0.15) is 53.4 Å². The second kappa shape index (κ2) is 23.3. The van der Waals surface area contributed by atoms with Crippen LogP contribution in [0.4, 0.5) is 0 Å². The number of hydrogen-bond donors (Lipinski definition) is 2. The Morgan fingerprint density at radius 3 is 1.26 bits per heavy atom. The van der Waals surface area contributed by atoms with Crippen molar-refractivity contribution >= 4 is 46.9 Å². The van der Waals surface area contributed by atoms with Crippen LogP contribution in [-0.4, -0.2) is 98.1 Å². The molecule has 0 fully saturated rings. The van der Waals surface area contributed by atoms with Gasteiger partial charge in [-0.1, -0.05) is 0 Å². The molecule has 0 heterocycles. The molecule has 0 unspecified atom stereocenters. The molecule has 0 aromatic carbocycles. The third-order valence-corrected chi connectivity index (χ3v) is 6.14. The van der Waals surface area contributed by atoms with Crippen LogP contribution >= 0.6 is 23.5 Å². The molecule has 0 rings (SSSR count). The highest BCUT2D eigenvalue weighted by atomic mass is 32.2. The van der Waals surface area contributed by atoms with E-state index in [-0.39, 0.29) is 61.1 Å². The molecule has 35 heavy (non-hydrogen) atoms. The maximum Gasteiger partial charge on any atom is 0.220 e. The zero-order chi connectivity index (χ0) is 26.3. The van der Waals surface area contributed by atoms with Crippen LogP contribution < -0.4 is 10.6 Å². The van der Waals surface area contributed by atoms with Crippen molar-refractivity contribution in [1.82, 2.24) is 10.6 Å². The van der Waals surface area contributed by atoms with Crippen LogP contribution in [0, 0.1) is 0 Å². The SMILES string of the molecule is CC(C)NC(=O)CCC(=O)CSCCOCCOCCOCCSCC(=O)CCC(=O)NC(C)C. The number of thioether (sulfide) groups is 2. The molecule has 0 bridgehead atoms. The van der Waals surface area contributed by atoms with Gasteiger partial charge in [0.15, 0.2) is 0 Å². The largest absolute Gasteiger partial charge is 0.378 e. The fourth-order valence-electron chi connectivity index (χ4n) is 2.59. The summed E-state index contributed by atoms with van der Waals surface area (Å²) in [4.78, 5) is 46.5. The summed E-state index contributed by atoms with van der Waals surface area (Å²) >= 11 is 3.02. The standard InChI is InChI=1S/C24H44N2O7S2/c1-19(2)25-23(29)7-5-21(27)17-34-15-13-32-11-9-31-10-12-33-14-16-35-18-22(28)6-8-24(30)26-20(3)4/h19-20H,5-18H2,1-4H3,(H,25,29)(H,26,30). The molecule has 0 spiro atoms. The summed E-state index contributed by atoms with van der Waals surface area (Å²) in [5.74, 6) is 2.22. The van der Waals surface area contributed by atoms with Crippen molar-refractivity contribution in [2.24, 2.45) is 0 Å². The second-order valence-corrected chi connectivity index (χ2v) is 10.7. The van der Waals surface area contributed by atoms with Crippen LogP contribution in [0.15, 0.2) is 0 Å². The van der Waals surface area contributed by atoms with Crippen molar-refractivity contribution in [1.29, 1.82) is 0 Å². The van der Waals surface area contributed by atoms with Crippen LogP contribution in [0.5, 0.6) is 0 Å². The molecule has 9 nitrogen and oxygen atoms in total. The number of nitrogens with one attached hydrogen (secondary N) is 2. The first-order valence-corrected chi connectivity index (χ1v) is 14.5. The van der Waals surface area contributed by atoms with Crippen molar-refractivity contribution in [2.45, 2.75) is 65.5 Å². The normalized spacial score (nSPS) is 11.1. The van der Waals surface area contributed by atoms with Crippen LogP contribution in [-0.2, 0) is 33.4 Å². The molecular weight excluding hydrogens is 492 g/mol. The monoisotopic (exact) mass is 536 g/mol. The summed E-state index contributed by atoms with van der Waals surface area (Å²) in [7, 11) is 0. The highest BCUT2D eigenvalue weighted by molar-refractivity contribution is 8.00. The van der Waals surface area contributed by atoms with E-state index in [1.54, 1.807) is 0 Å². The molecule has 0 saturated carbocycles. The number of hydrogen-bond acceptors (Lipinski definition) is 9. The van der Waals surface area contributed by atoms with Crippen LogP contribution in [0.25, 0.3) is 0 Å². The van der Waals surface area contributed by atoms with Crippen molar-refractivity contribution in [3.8, 4) is 0 Å². The lowest BCUT2D eigenvalue weighted by atomic mass is 10.2. The molecule has 11 heteroatoms. The fraction of sp³-hybridized carbons (Fsp3) is 0.833. The van der Waals surface area contributed by atoms with Crippen molar-refractivity contribution in [3.05, 3.63) is 0 Å². The zero-order valence-corrected chi connectivity index (χ0v) is 23.4. The van der Waals surface area contributed by atoms with Gasteiger partial charge in [0.1, 0.15) is 11.6 Å². The highest BCUT2D eigenvalue weighted by Crippen LogP contribution is 2.05. The minimum atomic E-state index is -0.0847. The van der Waals surface area contributed by atoms with Gasteiger partial charge in [0.2, 0.25) is 11.8 Å². The molecule has 2 N–H and O–H groups in total. The lowest BCUT2D eigenvalue weighted by Gasteiger charge is -2.08. The Bertz CT molecular complexity index is 554. The zero-order valence-electron chi connectivity index (χ0n) is 21.7. The average Bonchev–Trinajstić information content (AvgIpc) is 2.78. The van der Waals surface area contributed by atoms with Gasteiger partial charge < -0.3 is 24.8 Å². The van der Waals surface area contributed by atoms with Gasteiger partial charge in [-0.25, -0.2) is 0 Å². The molecule has 0 atom stereocenters. The number of amides is 2. The van der Waals surface area contributed by atoms with E-state index in [0.717, 1.165) is 11.5 Å². The van der Waals surface area contributed by atoms with E-state index in [1.165, 1.54) is 23.5 Å². The van der Waals surface area contributed by atoms with E-state index in [4.69, 9.17) is 14.2 Å². The van der Waals surface area contributed by atoms with Gasteiger partial charge >= 0.3 is 0 Å². The lowest BCUT2D eigenvalue weighted by Crippen LogP contribution is -2.30. The number of ether oxygens (including phenoxy) is 3. The second-order valence-electron chi connectivity index (χ2n) is 8.46. The molecule has 0 aromatic heterocycles.